The first-order valence-electron chi connectivity index (χ1n) is 5.35. The quantitative estimate of drug-likeness (QED) is 0.758. The third-order valence-corrected chi connectivity index (χ3v) is 3.84. The number of hydrogen-bond donors (Lipinski definition) is 2. The first-order valence-corrected chi connectivity index (χ1v) is 8.29. The van der Waals surface area contributed by atoms with Crippen LogP contribution in [-0.2, 0) is 10.0 Å². The molecule has 3 N–H and O–H groups in total. The largest absolute Gasteiger partial charge is 0.352 e. The van der Waals surface area contributed by atoms with Crippen molar-refractivity contribution in [2.24, 2.45) is 5.14 Å². The number of thioether (sulfide) groups is 1. The molecule has 0 aromatic heterocycles. The van der Waals surface area contributed by atoms with Crippen LogP contribution in [0.1, 0.15) is 16.8 Å². The van der Waals surface area contributed by atoms with Crippen LogP contribution in [0.5, 0.6) is 0 Å². The van der Waals surface area contributed by atoms with Crippen LogP contribution < -0.4 is 10.5 Å². The van der Waals surface area contributed by atoms with Gasteiger partial charge in [-0.25, -0.2) is 13.6 Å². The van der Waals surface area contributed by atoms with E-state index < -0.39 is 10.0 Å². The first-order chi connectivity index (χ1) is 8.45. The summed E-state index contributed by atoms with van der Waals surface area (Å²) in [5.41, 5.74) is 0.297. The molecule has 1 rings (SSSR count). The van der Waals surface area contributed by atoms with Crippen molar-refractivity contribution in [3.05, 3.63) is 29.8 Å². The number of hydrogen-bond acceptors (Lipinski definition) is 4. The molecular weight excluding hydrogens is 272 g/mol. The predicted molar refractivity (Wildman–Crippen MR) is 73.1 cm³/mol. The molecule has 0 bridgehead atoms. The molecule has 0 aliphatic carbocycles. The zero-order valence-electron chi connectivity index (χ0n) is 10.0. The Bertz CT molecular complexity index is 515. The molecule has 5 nitrogen and oxygen atoms in total. The third-order valence-electron chi connectivity index (χ3n) is 2.24. The lowest BCUT2D eigenvalue weighted by atomic mass is 10.2. The van der Waals surface area contributed by atoms with Gasteiger partial charge in [-0.2, -0.15) is 11.8 Å². The molecule has 0 radical (unpaired) electrons. The maximum atomic E-state index is 11.7. The van der Waals surface area contributed by atoms with E-state index in [0.717, 1.165) is 12.2 Å². The van der Waals surface area contributed by atoms with E-state index in [1.807, 2.05) is 6.26 Å². The molecule has 0 saturated heterocycles. The number of benzene rings is 1. The van der Waals surface area contributed by atoms with E-state index in [1.54, 1.807) is 17.8 Å². The normalized spacial score (nSPS) is 11.2. The molecule has 0 saturated carbocycles. The molecule has 0 spiro atoms. The van der Waals surface area contributed by atoms with Gasteiger partial charge in [-0.3, -0.25) is 4.79 Å². The van der Waals surface area contributed by atoms with Crippen LogP contribution in [0.15, 0.2) is 29.2 Å². The molecule has 7 heteroatoms. The highest BCUT2D eigenvalue weighted by Gasteiger charge is 2.11. The van der Waals surface area contributed by atoms with E-state index in [-0.39, 0.29) is 10.8 Å². The number of nitrogens with two attached hydrogens (primary N) is 1. The fraction of sp³-hybridized carbons (Fsp3) is 0.364. The van der Waals surface area contributed by atoms with Crippen LogP contribution in [0.3, 0.4) is 0 Å². The minimum absolute atomic E-state index is 0.0562. The lowest BCUT2D eigenvalue weighted by molar-refractivity contribution is 0.0953. The van der Waals surface area contributed by atoms with Gasteiger partial charge in [0.1, 0.15) is 0 Å². The molecular formula is C11H16N2O3S2. The maximum absolute atomic E-state index is 11.7. The van der Waals surface area contributed by atoms with E-state index in [1.165, 1.54) is 18.2 Å². The van der Waals surface area contributed by atoms with Gasteiger partial charge in [-0.05, 0) is 36.6 Å². The molecule has 0 aliphatic heterocycles. The molecule has 0 atom stereocenters. The van der Waals surface area contributed by atoms with Crippen molar-refractivity contribution in [3.8, 4) is 0 Å². The summed E-state index contributed by atoms with van der Waals surface area (Å²) in [6.45, 7) is 0.569. The summed E-state index contributed by atoms with van der Waals surface area (Å²) in [7, 11) is -3.77. The van der Waals surface area contributed by atoms with Gasteiger partial charge in [-0.15, -0.1) is 0 Å². The van der Waals surface area contributed by atoms with Crippen LogP contribution in [0.4, 0.5) is 0 Å². The highest BCUT2D eigenvalue weighted by atomic mass is 32.2. The Kier molecular flexibility index (Phi) is 5.64. The highest BCUT2D eigenvalue weighted by Crippen LogP contribution is 2.09. The summed E-state index contributed by atoms with van der Waals surface area (Å²) in [6.07, 6.45) is 2.87. The Hall–Kier alpha value is -1.05. The summed E-state index contributed by atoms with van der Waals surface area (Å²) in [4.78, 5) is 11.7. The van der Waals surface area contributed by atoms with Crippen molar-refractivity contribution >= 4 is 27.7 Å². The minimum atomic E-state index is -3.77. The molecule has 0 heterocycles. The standard InChI is InChI=1S/C11H16N2O3S2/c1-17-7-3-6-13-11(14)9-4-2-5-10(8-9)18(12,15)16/h2,4-5,8H,3,6-7H2,1H3,(H,13,14)(H2,12,15,16). The second-order valence-electron chi connectivity index (χ2n) is 3.68. The molecule has 0 unspecified atom stereocenters. The number of carbonyl (C=O) groups is 1. The zero-order chi connectivity index (χ0) is 13.6. The van der Waals surface area contributed by atoms with Gasteiger partial charge in [0.2, 0.25) is 10.0 Å². The van der Waals surface area contributed by atoms with Crippen molar-refractivity contribution in [2.45, 2.75) is 11.3 Å². The Morgan fingerprint density at radius 3 is 2.78 bits per heavy atom. The molecule has 1 aromatic carbocycles. The van der Waals surface area contributed by atoms with E-state index in [9.17, 15) is 13.2 Å². The van der Waals surface area contributed by atoms with Crippen molar-refractivity contribution in [2.75, 3.05) is 18.6 Å². The summed E-state index contributed by atoms with van der Waals surface area (Å²) in [6, 6.07) is 5.69. The average Bonchev–Trinajstić information content (AvgIpc) is 2.33. The second-order valence-corrected chi connectivity index (χ2v) is 6.22. The summed E-state index contributed by atoms with van der Waals surface area (Å²) >= 11 is 1.71. The Labute approximate surface area is 111 Å². The van der Waals surface area contributed by atoms with Crippen molar-refractivity contribution in [1.82, 2.24) is 5.32 Å². The van der Waals surface area contributed by atoms with Crippen LogP contribution in [0.25, 0.3) is 0 Å². The minimum Gasteiger partial charge on any atom is -0.352 e. The number of primary sulfonamides is 1. The van der Waals surface area contributed by atoms with Gasteiger partial charge in [-0.1, -0.05) is 6.07 Å². The maximum Gasteiger partial charge on any atom is 0.251 e. The van der Waals surface area contributed by atoms with Gasteiger partial charge in [0.05, 0.1) is 4.90 Å². The van der Waals surface area contributed by atoms with Crippen LogP contribution in [0, 0.1) is 0 Å². The fourth-order valence-electron chi connectivity index (χ4n) is 1.33. The zero-order valence-corrected chi connectivity index (χ0v) is 11.7. The third kappa shape index (κ3) is 4.67. The molecule has 18 heavy (non-hydrogen) atoms. The average molecular weight is 288 g/mol. The molecule has 0 fully saturated rings. The summed E-state index contributed by atoms with van der Waals surface area (Å²) in [5.74, 6) is 0.680. The van der Waals surface area contributed by atoms with Gasteiger partial charge in [0.25, 0.3) is 5.91 Å². The molecule has 100 valence electrons. The lowest BCUT2D eigenvalue weighted by Gasteiger charge is -2.05. The van der Waals surface area contributed by atoms with Gasteiger partial charge >= 0.3 is 0 Å². The number of amides is 1. The number of sulfonamides is 1. The van der Waals surface area contributed by atoms with E-state index >= 15 is 0 Å². The predicted octanol–water partition coefficient (Wildman–Crippen LogP) is 0.817. The Morgan fingerprint density at radius 2 is 2.17 bits per heavy atom. The number of rotatable bonds is 6. The number of nitrogens with one attached hydrogen (secondary N) is 1. The highest BCUT2D eigenvalue weighted by molar-refractivity contribution is 7.98. The van der Waals surface area contributed by atoms with E-state index in [2.05, 4.69) is 5.32 Å². The van der Waals surface area contributed by atoms with Gasteiger partial charge in [0.15, 0.2) is 0 Å². The summed E-state index contributed by atoms with van der Waals surface area (Å²) in [5, 5.41) is 7.73. The fourth-order valence-corrected chi connectivity index (χ4v) is 2.33. The molecule has 1 amide bonds. The molecule has 1 aromatic rings. The van der Waals surface area contributed by atoms with Crippen molar-refractivity contribution < 1.29 is 13.2 Å². The topological polar surface area (TPSA) is 89.3 Å². The van der Waals surface area contributed by atoms with Crippen molar-refractivity contribution in [1.29, 1.82) is 0 Å². The molecule has 0 aliphatic rings. The smallest absolute Gasteiger partial charge is 0.251 e. The van der Waals surface area contributed by atoms with E-state index in [0.29, 0.717) is 12.1 Å². The second kappa shape index (κ2) is 6.77. The Morgan fingerprint density at radius 1 is 1.44 bits per heavy atom. The van der Waals surface area contributed by atoms with Gasteiger partial charge < -0.3 is 5.32 Å². The van der Waals surface area contributed by atoms with E-state index in [4.69, 9.17) is 5.14 Å². The Balaban J connectivity index is 2.69. The van der Waals surface area contributed by atoms with Crippen LogP contribution >= 0.6 is 11.8 Å². The lowest BCUT2D eigenvalue weighted by Crippen LogP contribution is -2.25. The summed E-state index contributed by atoms with van der Waals surface area (Å²) < 4.78 is 22.3. The van der Waals surface area contributed by atoms with Crippen LogP contribution in [-0.4, -0.2) is 32.9 Å². The van der Waals surface area contributed by atoms with Crippen molar-refractivity contribution in [3.63, 3.8) is 0 Å². The van der Waals surface area contributed by atoms with Gasteiger partial charge in [0, 0.05) is 12.1 Å². The monoisotopic (exact) mass is 288 g/mol. The van der Waals surface area contributed by atoms with Crippen LogP contribution in [0.2, 0.25) is 0 Å². The first kappa shape index (κ1) is 15.0. The SMILES string of the molecule is CSCCCNC(=O)c1cccc(S(N)(=O)=O)c1. The number of carbonyl (C=O) groups excluding carboxylic acids is 1.